The quantitative estimate of drug-likeness (QED) is 0.805. The first-order valence-electron chi connectivity index (χ1n) is 7.63. The Bertz CT molecular complexity index is 596. The van der Waals surface area contributed by atoms with Crippen LogP contribution in [0.4, 0.5) is 0 Å². The smallest absolute Gasteiger partial charge is 0.331 e. The number of hydrogen-bond donors (Lipinski definition) is 2. The van der Waals surface area contributed by atoms with Crippen molar-refractivity contribution in [2.45, 2.75) is 65.7 Å². The van der Waals surface area contributed by atoms with Gasteiger partial charge in [-0.25, -0.2) is 4.79 Å². The van der Waals surface area contributed by atoms with Gasteiger partial charge in [-0.2, -0.15) is 0 Å². The summed E-state index contributed by atoms with van der Waals surface area (Å²) >= 11 is 0. The molecule has 1 rings (SSSR count). The summed E-state index contributed by atoms with van der Waals surface area (Å²) in [5.41, 5.74) is 2.65. The number of allylic oxidation sites excluding steroid dienone is 1. The van der Waals surface area contributed by atoms with E-state index in [0.717, 1.165) is 11.1 Å². The first kappa shape index (κ1) is 18.3. The second kappa shape index (κ2) is 6.15. The second-order valence-corrected chi connectivity index (χ2v) is 7.83. The molecule has 0 aromatic heterocycles. The van der Waals surface area contributed by atoms with E-state index in [1.807, 2.05) is 32.9 Å². The van der Waals surface area contributed by atoms with Gasteiger partial charge in [0.1, 0.15) is 5.75 Å². The number of carbonyl (C=O) groups is 1. The second-order valence-electron chi connectivity index (χ2n) is 7.83. The van der Waals surface area contributed by atoms with Crippen LogP contribution in [0.3, 0.4) is 0 Å². The van der Waals surface area contributed by atoms with Gasteiger partial charge in [0.05, 0.1) is 0 Å². The van der Waals surface area contributed by atoms with E-state index in [1.54, 1.807) is 13.0 Å². The Labute approximate surface area is 133 Å². The molecule has 0 bridgehead atoms. The van der Waals surface area contributed by atoms with Crippen molar-refractivity contribution in [1.29, 1.82) is 0 Å². The Morgan fingerprint density at radius 3 is 2.00 bits per heavy atom. The van der Waals surface area contributed by atoms with Crippen LogP contribution >= 0.6 is 0 Å². The molecule has 0 saturated carbocycles. The number of rotatable bonds is 3. The van der Waals surface area contributed by atoms with Crippen LogP contribution < -0.4 is 0 Å². The lowest BCUT2D eigenvalue weighted by molar-refractivity contribution is -0.132. The highest BCUT2D eigenvalue weighted by Crippen LogP contribution is 2.38. The van der Waals surface area contributed by atoms with Gasteiger partial charge in [0.2, 0.25) is 0 Å². The molecule has 122 valence electrons. The highest BCUT2D eigenvalue weighted by Gasteiger charge is 2.25. The van der Waals surface area contributed by atoms with Crippen molar-refractivity contribution in [3.63, 3.8) is 0 Å². The zero-order valence-electron chi connectivity index (χ0n) is 14.7. The Kier molecular flexibility index (Phi) is 5.11. The molecule has 0 spiro atoms. The van der Waals surface area contributed by atoms with Crippen LogP contribution in [-0.4, -0.2) is 16.2 Å². The fourth-order valence-corrected chi connectivity index (χ4v) is 2.34. The van der Waals surface area contributed by atoms with Crippen LogP contribution in [0.25, 0.3) is 0 Å². The Hall–Kier alpha value is -1.77. The third-order valence-electron chi connectivity index (χ3n) is 3.87. The molecule has 0 aliphatic rings. The first-order chi connectivity index (χ1) is 9.87. The van der Waals surface area contributed by atoms with E-state index in [2.05, 4.69) is 20.8 Å². The highest BCUT2D eigenvalue weighted by atomic mass is 16.4. The van der Waals surface area contributed by atoms with Gasteiger partial charge >= 0.3 is 5.97 Å². The summed E-state index contributed by atoms with van der Waals surface area (Å²) in [6.07, 6.45) is 1.81. The third-order valence-corrected chi connectivity index (χ3v) is 3.87. The number of phenolic OH excluding ortho intramolecular Hbond substituents is 1. The molecule has 0 heterocycles. The van der Waals surface area contributed by atoms with E-state index >= 15 is 0 Å². The maximum absolute atomic E-state index is 11.3. The average molecular weight is 304 g/mol. The molecule has 0 unspecified atom stereocenters. The summed E-state index contributed by atoms with van der Waals surface area (Å²) in [7, 11) is 0. The Morgan fingerprint density at radius 1 is 1.09 bits per heavy atom. The molecule has 2 N–H and O–H groups in total. The van der Waals surface area contributed by atoms with Crippen LogP contribution in [0.1, 0.15) is 65.2 Å². The standard InChI is InChI=1S/C19H28O3/c1-8-12(17(21)22)9-13-10-14(18(2,3)4)11-15(16(13)20)19(5,6)7/h8,10-11,20H,9H2,1-7H3,(H,21,22). The molecule has 3 nitrogen and oxygen atoms in total. The highest BCUT2D eigenvalue weighted by molar-refractivity contribution is 5.87. The SMILES string of the molecule is CC=C(Cc1cc(C(C)(C)C)cc(C(C)(C)C)c1O)C(=O)O. The molecule has 0 saturated heterocycles. The van der Waals surface area contributed by atoms with Gasteiger partial charge in [0.25, 0.3) is 0 Å². The van der Waals surface area contributed by atoms with Gasteiger partial charge in [-0.15, -0.1) is 0 Å². The Balaban J connectivity index is 3.53. The minimum absolute atomic E-state index is 0.0677. The molecule has 0 radical (unpaired) electrons. The number of hydrogen-bond acceptors (Lipinski definition) is 2. The molecule has 1 aromatic rings. The number of carboxylic acid groups (broad SMARTS) is 1. The van der Waals surface area contributed by atoms with Crippen molar-refractivity contribution in [1.82, 2.24) is 0 Å². The number of carboxylic acids is 1. The Morgan fingerprint density at radius 2 is 1.64 bits per heavy atom. The molecule has 0 fully saturated rings. The molecule has 3 heteroatoms. The van der Waals surface area contributed by atoms with E-state index < -0.39 is 5.97 Å². The molecule has 0 aliphatic heterocycles. The van der Waals surface area contributed by atoms with E-state index in [9.17, 15) is 15.0 Å². The molecule has 22 heavy (non-hydrogen) atoms. The average Bonchev–Trinajstić information content (AvgIpc) is 2.34. The minimum atomic E-state index is -0.944. The van der Waals surface area contributed by atoms with Gasteiger partial charge in [-0.3, -0.25) is 0 Å². The predicted octanol–water partition coefficient (Wildman–Crippen LogP) is 4.56. The summed E-state index contributed by atoms with van der Waals surface area (Å²) in [6, 6.07) is 3.96. The van der Waals surface area contributed by atoms with Crippen LogP contribution in [0.5, 0.6) is 5.75 Å². The van der Waals surface area contributed by atoms with Crippen molar-refractivity contribution in [2.24, 2.45) is 0 Å². The molecular formula is C19H28O3. The van der Waals surface area contributed by atoms with Crippen molar-refractivity contribution in [3.8, 4) is 5.75 Å². The van der Waals surface area contributed by atoms with Gasteiger partial charge in [-0.05, 0) is 34.4 Å². The fourth-order valence-electron chi connectivity index (χ4n) is 2.34. The minimum Gasteiger partial charge on any atom is -0.507 e. The predicted molar refractivity (Wildman–Crippen MR) is 90.6 cm³/mol. The molecule has 1 aromatic carbocycles. The van der Waals surface area contributed by atoms with Crippen molar-refractivity contribution in [3.05, 3.63) is 40.5 Å². The van der Waals surface area contributed by atoms with Crippen LogP contribution in [0.2, 0.25) is 0 Å². The van der Waals surface area contributed by atoms with Gasteiger partial charge < -0.3 is 10.2 Å². The zero-order chi connectivity index (χ0) is 17.3. The zero-order valence-corrected chi connectivity index (χ0v) is 14.7. The van der Waals surface area contributed by atoms with Crippen molar-refractivity contribution >= 4 is 5.97 Å². The maximum Gasteiger partial charge on any atom is 0.331 e. The first-order valence-corrected chi connectivity index (χ1v) is 7.63. The molecule has 0 amide bonds. The normalized spacial score (nSPS) is 13.3. The number of aromatic hydroxyl groups is 1. The largest absolute Gasteiger partial charge is 0.507 e. The van der Waals surface area contributed by atoms with E-state index in [0.29, 0.717) is 11.1 Å². The lowest BCUT2D eigenvalue weighted by Gasteiger charge is -2.27. The third kappa shape index (κ3) is 4.12. The van der Waals surface area contributed by atoms with Gasteiger partial charge in [0.15, 0.2) is 0 Å². The summed E-state index contributed by atoms with van der Waals surface area (Å²) in [6.45, 7) is 14.2. The number of benzene rings is 1. The fraction of sp³-hybridized carbons (Fsp3) is 0.526. The van der Waals surface area contributed by atoms with E-state index in [-0.39, 0.29) is 23.0 Å². The van der Waals surface area contributed by atoms with E-state index in [1.165, 1.54) is 0 Å². The van der Waals surface area contributed by atoms with Crippen LogP contribution in [0.15, 0.2) is 23.8 Å². The monoisotopic (exact) mass is 304 g/mol. The maximum atomic E-state index is 11.3. The van der Waals surface area contributed by atoms with Crippen molar-refractivity contribution < 1.29 is 15.0 Å². The van der Waals surface area contributed by atoms with Crippen LogP contribution in [0, 0.1) is 0 Å². The molecule has 0 aliphatic carbocycles. The number of aliphatic carboxylic acids is 1. The number of phenols is 1. The summed E-state index contributed by atoms with van der Waals surface area (Å²) in [5.74, 6) is -0.735. The topological polar surface area (TPSA) is 57.5 Å². The van der Waals surface area contributed by atoms with E-state index in [4.69, 9.17) is 0 Å². The van der Waals surface area contributed by atoms with Crippen molar-refractivity contribution in [2.75, 3.05) is 0 Å². The van der Waals surface area contributed by atoms with Crippen LogP contribution in [-0.2, 0) is 22.0 Å². The molecular weight excluding hydrogens is 276 g/mol. The lowest BCUT2D eigenvalue weighted by atomic mass is 9.78. The summed E-state index contributed by atoms with van der Waals surface area (Å²) in [4.78, 5) is 11.3. The summed E-state index contributed by atoms with van der Waals surface area (Å²) < 4.78 is 0. The van der Waals surface area contributed by atoms with Gasteiger partial charge in [0, 0.05) is 12.0 Å². The summed E-state index contributed by atoms with van der Waals surface area (Å²) in [5, 5.41) is 19.9. The lowest BCUT2D eigenvalue weighted by Crippen LogP contribution is -2.18. The van der Waals surface area contributed by atoms with Gasteiger partial charge in [-0.1, -0.05) is 59.8 Å². The molecule has 0 atom stereocenters.